The molecular weight excluding hydrogens is 230 g/mol. The number of ether oxygens (including phenoxy) is 2. The van der Waals surface area contributed by atoms with Crippen molar-refractivity contribution in [3.8, 4) is 0 Å². The van der Waals surface area contributed by atoms with Gasteiger partial charge in [0.2, 0.25) is 0 Å². The van der Waals surface area contributed by atoms with Crippen LogP contribution in [-0.2, 0) is 22.6 Å². The lowest BCUT2D eigenvalue weighted by atomic mass is 10.0. The average molecular weight is 253 g/mol. The van der Waals surface area contributed by atoms with Crippen molar-refractivity contribution < 1.29 is 9.47 Å². The van der Waals surface area contributed by atoms with Gasteiger partial charge in [0.15, 0.2) is 0 Å². The second-order valence-electron chi connectivity index (χ2n) is 4.84. The zero-order chi connectivity index (χ0) is 12.8. The fourth-order valence-corrected chi connectivity index (χ4v) is 2.30. The van der Waals surface area contributed by atoms with Crippen molar-refractivity contribution in [3.63, 3.8) is 0 Å². The molecule has 0 saturated carbocycles. The normalized spacial score (nSPS) is 23.7. The predicted molar refractivity (Wildman–Crippen MR) is 69.4 cm³/mol. The van der Waals surface area contributed by atoms with E-state index in [4.69, 9.17) is 9.47 Å². The Kier molecular flexibility index (Phi) is 4.74. The van der Waals surface area contributed by atoms with E-state index in [1.54, 1.807) is 7.11 Å². The first-order chi connectivity index (χ1) is 8.79. The summed E-state index contributed by atoms with van der Waals surface area (Å²) < 4.78 is 13.1. The Morgan fingerprint density at radius 1 is 1.61 bits per heavy atom. The molecule has 0 spiro atoms. The number of hydrogen-bond acceptors (Lipinski definition) is 4. The fourth-order valence-electron chi connectivity index (χ4n) is 2.30. The predicted octanol–water partition coefficient (Wildman–Crippen LogP) is 1.19. The Labute approximate surface area is 108 Å². The monoisotopic (exact) mass is 253 g/mol. The van der Waals surface area contributed by atoms with Gasteiger partial charge in [-0.05, 0) is 12.5 Å². The fraction of sp³-hybridized carbons (Fsp3) is 0.769. The molecule has 0 amide bonds. The molecule has 0 radical (unpaired) electrons. The summed E-state index contributed by atoms with van der Waals surface area (Å²) in [6.45, 7) is 6.26. The molecule has 2 heterocycles. The van der Waals surface area contributed by atoms with Crippen LogP contribution in [0.15, 0.2) is 12.3 Å². The lowest BCUT2D eigenvalue weighted by Gasteiger charge is -2.26. The number of aryl methyl sites for hydroxylation is 1. The van der Waals surface area contributed by atoms with Gasteiger partial charge in [0.25, 0.3) is 0 Å². The van der Waals surface area contributed by atoms with E-state index in [9.17, 15) is 0 Å². The van der Waals surface area contributed by atoms with Crippen LogP contribution in [0.5, 0.6) is 0 Å². The summed E-state index contributed by atoms with van der Waals surface area (Å²) in [5.41, 5.74) is 1.08. The molecule has 1 unspecified atom stereocenters. The molecule has 1 aromatic heterocycles. The summed E-state index contributed by atoms with van der Waals surface area (Å²) in [6.07, 6.45) is 3.92. The van der Waals surface area contributed by atoms with E-state index in [0.717, 1.165) is 39.1 Å². The van der Waals surface area contributed by atoms with Crippen molar-refractivity contribution in [1.29, 1.82) is 0 Å². The van der Waals surface area contributed by atoms with Gasteiger partial charge in [0.05, 0.1) is 12.3 Å². The first-order valence-corrected chi connectivity index (χ1v) is 6.64. The molecule has 102 valence electrons. The Hall–Kier alpha value is -0.910. The van der Waals surface area contributed by atoms with Gasteiger partial charge in [-0.3, -0.25) is 4.68 Å². The van der Waals surface area contributed by atoms with Crippen LogP contribution in [0.3, 0.4) is 0 Å². The summed E-state index contributed by atoms with van der Waals surface area (Å²) in [5.74, 6) is 0. The third-order valence-electron chi connectivity index (χ3n) is 3.49. The van der Waals surface area contributed by atoms with E-state index in [1.165, 1.54) is 5.69 Å². The first kappa shape index (κ1) is 13.5. The van der Waals surface area contributed by atoms with Gasteiger partial charge in [-0.15, -0.1) is 0 Å². The Morgan fingerprint density at radius 2 is 2.50 bits per heavy atom. The van der Waals surface area contributed by atoms with Crippen molar-refractivity contribution in [2.75, 3.05) is 26.9 Å². The molecule has 5 nitrogen and oxygen atoms in total. The van der Waals surface area contributed by atoms with Gasteiger partial charge < -0.3 is 14.8 Å². The molecule has 0 aromatic carbocycles. The lowest BCUT2D eigenvalue weighted by molar-refractivity contribution is -0.0160. The summed E-state index contributed by atoms with van der Waals surface area (Å²) in [5, 5.41) is 7.77. The maximum atomic E-state index is 5.59. The van der Waals surface area contributed by atoms with Gasteiger partial charge in [-0.1, -0.05) is 6.92 Å². The number of nitrogens with one attached hydrogen (secondary N) is 1. The van der Waals surface area contributed by atoms with Crippen LogP contribution in [0, 0.1) is 0 Å². The Bertz CT molecular complexity index is 359. The molecule has 0 bridgehead atoms. The molecule has 2 rings (SSSR count). The number of methoxy groups -OCH3 is 1. The Morgan fingerprint density at radius 3 is 3.17 bits per heavy atom. The summed E-state index contributed by atoms with van der Waals surface area (Å²) in [4.78, 5) is 0. The molecule has 1 aliphatic rings. The largest absolute Gasteiger partial charge is 0.378 e. The topological polar surface area (TPSA) is 48.3 Å². The van der Waals surface area contributed by atoms with Crippen LogP contribution >= 0.6 is 0 Å². The minimum absolute atomic E-state index is 0.143. The van der Waals surface area contributed by atoms with Crippen molar-refractivity contribution >= 4 is 0 Å². The highest BCUT2D eigenvalue weighted by Crippen LogP contribution is 2.21. The standard InChI is InChI=1S/C13H23N3O2/c1-3-7-16-12(4-6-15-16)9-14-10-13(17-2)5-8-18-11-13/h4,6,14H,3,5,7-11H2,1-2H3. The molecule has 1 saturated heterocycles. The zero-order valence-electron chi connectivity index (χ0n) is 11.3. The van der Waals surface area contributed by atoms with Crippen molar-refractivity contribution in [2.24, 2.45) is 0 Å². The smallest absolute Gasteiger partial charge is 0.106 e. The quantitative estimate of drug-likeness (QED) is 0.793. The summed E-state index contributed by atoms with van der Waals surface area (Å²) in [6, 6.07) is 2.06. The van der Waals surface area contributed by atoms with E-state index in [1.807, 2.05) is 6.20 Å². The highest BCUT2D eigenvalue weighted by Gasteiger charge is 2.34. The third-order valence-corrected chi connectivity index (χ3v) is 3.49. The number of aromatic nitrogens is 2. The van der Waals surface area contributed by atoms with Gasteiger partial charge in [0, 0.05) is 46.0 Å². The highest BCUT2D eigenvalue weighted by atomic mass is 16.5. The van der Waals surface area contributed by atoms with E-state index < -0.39 is 0 Å². The van der Waals surface area contributed by atoms with Crippen LogP contribution in [0.25, 0.3) is 0 Å². The molecule has 18 heavy (non-hydrogen) atoms. The van der Waals surface area contributed by atoms with E-state index in [0.29, 0.717) is 6.61 Å². The molecule has 1 atom stereocenters. The van der Waals surface area contributed by atoms with Crippen molar-refractivity contribution in [3.05, 3.63) is 18.0 Å². The lowest BCUT2D eigenvalue weighted by Crippen LogP contribution is -2.42. The molecule has 0 aliphatic carbocycles. The summed E-state index contributed by atoms with van der Waals surface area (Å²) >= 11 is 0. The summed E-state index contributed by atoms with van der Waals surface area (Å²) in [7, 11) is 1.76. The van der Waals surface area contributed by atoms with Crippen molar-refractivity contribution in [2.45, 2.75) is 38.5 Å². The molecule has 1 aromatic rings. The minimum Gasteiger partial charge on any atom is -0.378 e. The van der Waals surface area contributed by atoms with Crippen LogP contribution in [0.1, 0.15) is 25.5 Å². The SMILES string of the molecule is CCCn1nccc1CNCC1(OC)CCOC1. The number of nitrogens with zero attached hydrogens (tertiary/aromatic N) is 2. The third kappa shape index (κ3) is 3.10. The van der Waals surface area contributed by atoms with E-state index >= 15 is 0 Å². The second kappa shape index (κ2) is 6.31. The second-order valence-corrected chi connectivity index (χ2v) is 4.84. The Balaban J connectivity index is 1.82. The zero-order valence-corrected chi connectivity index (χ0v) is 11.3. The van der Waals surface area contributed by atoms with Crippen LogP contribution < -0.4 is 5.32 Å². The van der Waals surface area contributed by atoms with Gasteiger partial charge >= 0.3 is 0 Å². The average Bonchev–Trinajstić information content (AvgIpc) is 3.01. The number of hydrogen-bond donors (Lipinski definition) is 1. The van der Waals surface area contributed by atoms with Crippen LogP contribution in [-0.4, -0.2) is 42.2 Å². The maximum Gasteiger partial charge on any atom is 0.106 e. The van der Waals surface area contributed by atoms with E-state index in [-0.39, 0.29) is 5.60 Å². The first-order valence-electron chi connectivity index (χ1n) is 6.64. The number of rotatable bonds is 7. The molecule has 1 fully saturated rings. The van der Waals surface area contributed by atoms with Gasteiger partial charge in [-0.25, -0.2) is 0 Å². The van der Waals surface area contributed by atoms with Gasteiger partial charge in [-0.2, -0.15) is 5.10 Å². The highest BCUT2D eigenvalue weighted by molar-refractivity contribution is 5.00. The molecular formula is C13H23N3O2. The minimum atomic E-state index is -0.143. The maximum absolute atomic E-state index is 5.59. The molecule has 1 N–H and O–H groups in total. The molecule has 5 heteroatoms. The molecule has 1 aliphatic heterocycles. The van der Waals surface area contributed by atoms with E-state index in [2.05, 4.69) is 28.1 Å². The van der Waals surface area contributed by atoms with Crippen LogP contribution in [0.2, 0.25) is 0 Å². The van der Waals surface area contributed by atoms with Gasteiger partial charge in [0.1, 0.15) is 5.60 Å². The van der Waals surface area contributed by atoms with Crippen molar-refractivity contribution in [1.82, 2.24) is 15.1 Å². The van der Waals surface area contributed by atoms with Crippen LogP contribution in [0.4, 0.5) is 0 Å².